The molecule has 0 bridgehead atoms. The van der Waals surface area contributed by atoms with Gasteiger partial charge in [0.05, 0.1) is 0 Å². The molecule has 0 unspecified atom stereocenters. The minimum atomic E-state index is -0.778. The van der Waals surface area contributed by atoms with Crippen LogP contribution in [-0.4, -0.2) is 23.7 Å². The van der Waals surface area contributed by atoms with Gasteiger partial charge in [0.15, 0.2) is 0 Å². The van der Waals surface area contributed by atoms with Crippen molar-refractivity contribution in [3.05, 3.63) is 270 Å². The number of ether oxygens (including phenoxy) is 3. The van der Waals surface area contributed by atoms with Crippen molar-refractivity contribution in [1.82, 2.24) is 0 Å². The molecule has 410 valence electrons. The third kappa shape index (κ3) is 18.1. The molecule has 0 radical (unpaired) electrons. The lowest BCUT2D eigenvalue weighted by Gasteiger charge is -2.32. The summed E-state index contributed by atoms with van der Waals surface area (Å²) in [5.74, 6) is 0.675. The van der Waals surface area contributed by atoms with Gasteiger partial charge in [0, 0.05) is 82.4 Å². The highest BCUT2D eigenvalue weighted by molar-refractivity contribution is 8.03. The summed E-state index contributed by atoms with van der Waals surface area (Å²) in [4.78, 5) is 51.9. The molecule has 0 heterocycles. The Morgan fingerprint density at radius 2 is 0.585 bits per heavy atom. The summed E-state index contributed by atoms with van der Waals surface area (Å²) in [6.45, 7) is 4.24. The minimum absolute atomic E-state index is 0.381. The Bertz CT molecular complexity index is 3490. The quantitative estimate of drug-likeness (QED) is 0.0160. The lowest BCUT2D eigenvalue weighted by Crippen LogP contribution is -2.25. The van der Waals surface area contributed by atoms with Crippen LogP contribution in [0.5, 0.6) is 17.2 Å². The smallest absolute Gasteiger partial charge is 0.336 e. The van der Waals surface area contributed by atoms with Crippen molar-refractivity contribution in [1.29, 1.82) is 0 Å². The van der Waals surface area contributed by atoms with Crippen LogP contribution in [0.1, 0.15) is 30.5 Å². The number of hydrogen-bond donors (Lipinski definition) is 2. The lowest BCUT2D eigenvalue weighted by atomic mass is 9.71. The van der Waals surface area contributed by atoms with Gasteiger partial charge in [-0.05, 0) is 228 Å². The first-order valence-corrected chi connectivity index (χ1v) is 32.5. The van der Waals surface area contributed by atoms with Gasteiger partial charge >= 0.3 is 17.9 Å². The monoisotopic (exact) mass is 1240 g/mol. The van der Waals surface area contributed by atoms with Crippen LogP contribution >= 0.6 is 108 Å². The van der Waals surface area contributed by atoms with E-state index in [1.54, 1.807) is 87.9 Å². The minimum Gasteiger partial charge on any atom is -0.423 e. The van der Waals surface area contributed by atoms with Crippen molar-refractivity contribution in [3.63, 3.8) is 0 Å². The van der Waals surface area contributed by atoms with Crippen LogP contribution in [0.15, 0.2) is 312 Å². The van der Waals surface area contributed by atoms with Crippen molar-refractivity contribution in [3.8, 4) is 17.2 Å². The fourth-order valence-electron chi connectivity index (χ4n) is 7.99. The summed E-state index contributed by atoms with van der Waals surface area (Å²) in [5, 5.41) is 5.15. The molecular weight excluding hydrogens is 1190 g/mol. The van der Waals surface area contributed by atoms with Gasteiger partial charge in [-0.15, -0.1) is 37.0 Å². The second kappa shape index (κ2) is 30.4. The normalized spacial score (nSPS) is 12.1. The summed E-state index contributed by atoms with van der Waals surface area (Å²) in [7, 11) is 0. The number of rotatable bonds is 23. The second-order valence-corrected chi connectivity index (χ2v) is 26.6. The summed E-state index contributed by atoms with van der Waals surface area (Å²) in [6.07, 6.45) is 4.24. The van der Waals surface area contributed by atoms with E-state index in [1.807, 2.05) is 133 Å². The summed E-state index contributed by atoms with van der Waals surface area (Å²) < 4.78 is 17.2. The van der Waals surface area contributed by atoms with E-state index in [2.05, 4.69) is 99.8 Å². The molecule has 0 aliphatic carbocycles. The van der Waals surface area contributed by atoms with Crippen LogP contribution in [0.4, 0.5) is 0 Å². The highest BCUT2D eigenvalue weighted by Gasteiger charge is 2.32. The van der Waals surface area contributed by atoms with Crippen molar-refractivity contribution >= 4 is 125 Å². The third-order valence-electron chi connectivity index (χ3n) is 12.2. The standard InChI is InChI=1S/C67H52O6S9/c1-3-76-54-24-32-60(33-25-54)82-63-38-30-57(31-39-63)79-45-42-66(70)73-51-14-8-48(9-15-51)67(2,46-4-10-49(11-5-46)71-64(68)40-43-77-55-26-34-61(35-27-55)80-58-20-16-52(74)17-21-58)47-6-12-50(13-7-47)72-65(69)41-44-78-56-28-36-62(37-29-56)81-59-22-18-53(75)19-23-59/h4-45,74-75H,3H2,1-2H3. The maximum Gasteiger partial charge on any atom is 0.336 e. The topological polar surface area (TPSA) is 78.9 Å². The van der Waals surface area contributed by atoms with E-state index in [-0.39, 0.29) is 0 Å². The molecule has 0 fully saturated rings. The van der Waals surface area contributed by atoms with E-state index >= 15 is 0 Å². The highest BCUT2D eigenvalue weighted by Crippen LogP contribution is 2.41. The Kier molecular flexibility index (Phi) is 22.3. The Hall–Kier alpha value is -6.24. The molecule has 0 spiro atoms. The van der Waals surface area contributed by atoms with Gasteiger partial charge in [0.1, 0.15) is 17.2 Å². The molecule has 15 heteroatoms. The van der Waals surface area contributed by atoms with Gasteiger partial charge in [-0.25, -0.2) is 14.4 Å². The molecule has 9 rings (SSSR count). The number of esters is 3. The second-order valence-electron chi connectivity index (χ2n) is 17.8. The van der Waals surface area contributed by atoms with Crippen LogP contribution in [0.3, 0.4) is 0 Å². The van der Waals surface area contributed by atoms with Crippen molar-refractivity contribution in [2.45, 2.75) is 78.0 Å². The highest BCUT2D eigenvalue weighted by atomic mass is 32.2. The fourth-order valence-corrected chi connectivity index (χ4v) is 13.3. The number of thioether (sulfide) groups is 4. The maximum absolute atomic E-state index is 13.0. The number of carbonyl (C=O) groups excluding carboxylic acids is 3. The maximum atomic E-state index is 13.0. The van der Waals surface area contributed by atoms with Crippen molar-refractivity contribution in [2.75, 3.05) is 5.75 Å². The molecule has 6 nitrogen and oxygen atoms in total. The van der Waals surface area contributed by atoms with Crippen LogP contribution in [0, 0.1) is 0 Å². The molecule has 0 aliphatic heterocycles. The molecule has 9 aromatic rings. The molecule has 0 amide bonds. The van der Waals surface area contributed by atoms with Gasteiger partial charge in [0.2, 0.25) is 0 Å². The van der Waals surface area contributed by atoms with Crippen LogP contribution in [0.2, 0.25) is 0 Å². The molecule has 9 aromatic carbocycles. The van der Waals surface area contributed by atoms with Crippen LogP contribution < -0.4 is 14.2 Å². The molecule has 0 saturated heterocycles. The largest absolute Gasteiger partial charge is 0.423 e. The first-order valence-electron chi connectivity index (χ1n) is 25.5. The van der Waals surface area contributed by atoms with Crippen molar-refractivity contribution < 1.29 is 28.6 Å². The van der Waals surface area contributed by atoms with E-state index in [0.29, 0.717) is 17.2 Å². The molecule has 82 heavy (non-hydrogen) atoms. The zero-order valence-electron chi connectivity index (χ0n) is 44.2. The number of thiol groups is 2. The number of benzene rings is 9. The summed E-state index contributed by atoms with van der Waals surface area (Å²) >= 11 is 19.9. The van der Waals surface area contributed by atoms with Gasteiger partial charge in [-0.1, -0.05) is 114 Å². The fraction of sp³-hybridized carbons (Fsp3) is 0.0597. The molecular formula is C67H52O6S9. The SMILES string of the molecule is CCSc1ccc(Sc2ccc(SC=CC(=O)Oc3ccc(C(C)(c4ccc(OC(=O)C=CSc5ccc(Sc6ccc(S)cc6)cc5)cc4)c4ccc(OC(=O)C=CSc5ccc(Sc6ccc(S)cc6)cc5)cc4)cc3)cc2)cc1. The first kappa shape index (κ1) is 60.4. The molecule has 0 aromatic heterocycles. The Balaban J connectivity index is 0.833. The zero-order chi connectivity index (χ0) is 57.1. The average Bonchev–Trinajstić information content (AvgIpc) is 3.67. The molecule has 0 aliphatic rings. The number of carbonyl (C=O) groups is 3. The van der Waals surface area contributed by atoms with E-state index in [4.69, 9.17) is 14.2 Å². The zero-order valence-corrected chi connectivity index (χ0v) is 51.7. The number of hydrogen-bond acceptors (Lipinski definition) is 15. The average molecular weight is 1240 g/mol. The predicted octanol–water partition coefficient (Wildman–Crippen LogP) is 19.8. The first-order chi connectivity index (χ1) is 39.9. The van der Waals surface area contributed by atoms with Gasteiger partial charge in [-0.2, -0.15) is 0 Å². The summed E-state index contributed by atoms with van der Waals surface area (Å²) in [5.41, 5.74) is 1.89. The van der Waals surface area contributed by atoms with E-state index in [0.717, 1.165) is 71.4 Å². The van der Waals surface area contributed by atoms with E-state index < -0.39 is 23.3 Å². The van der Waals surface area contributed by atoms with Crippen molar-refractivity contribution in [2.24, 2.45) is 0 Å². The summed E-state index contributed by atoms with van der Waals surface area (Å²) in [6, 6.07) is 71.3. The van der Waals surface area contributed by atoms with Gasteiger partial charge in [-0.3, -0.25) is 0 Å². The molecule has 0 atom stereocenters. The Morgan fingerprint density at radius 1 is 0.354 bits per heavy atom. The van der Waals surface area contributed by atoms with Crippen LogP contribution in [0.25, 0.3) is 0 Å². The Morgan fingerprint density at radius 3 is 0.841 bits per heavy atom. The molecule has 0 saturated carbocycles. The van der Waals surface area contributed by atoms with Gasteiger partial charge in [0.25, 0.3) is 0 Å². The predicted molar refractivity (Wildman–Crippen MR) is 349 cm³/mol. The third-order valence-corrected chi connectivity index (χ3v) is 19.1. The Labute approximate surface area is 520 Å². The van der Waals surface area contributed by atoms with Gasteiger partial charge < -0.3 is 14.2 Å². The lowest BCUT2D eigenvalue weighted by molar-refractivity contribution is -0.129. The van der Waals surface area contributed by atoms with Crippen LogP contribution in [-0.2, 0) is 19.8 Å². The van der Waals surface area contributed by atoms with E-state index in [9.17, 15) is 14.4 Å². The van der Waals surface area contributed by atoms with E-state index in [1.165, 1.54) is 63.3 Å². The molecule has 0 N–H and O–H groups in total.